The largest absolute Gasteiger partial charge is 0.508 e. The number of hydrogen-bond donors (Lipinski definition) is 2. The summed E-state index contributed by atoms with van der Waals surface area (Å²) in [5, 5.41) is 18.2. The van der Waals surface area contributed by atoms with Gasteiger partial charge in [-0.25, -0.2) is 0 Å². The van der Waals surface area contributed by atoms with E-state index in [1.165, 1.54) is 9.79 Å². The van der Waals surface area contributed by atoms with Gasteiger partial charge in [-0.15, -0.1) is 11.6 Å². The maximum absolute atomic E-state index is 9.12. The fourth-order valence-electron chi connectivity index (χ4n) is 3.37. The summed E-state index contributed by atoms with van der Waals surface area (Å²) in [5.74, 6) is 2.97. The number of ether oxygens (including phenoxy) is 5. The molecule has 4 aromatic rings. The topological polar surface area (TPSA) is 96.5 Å². The van der Waals surface area contributed by atoms with E-state index >= 15 is 0 Å². The van der Waals surface area contributed by atoms with Crippen molar-refractivity contribution in [3.63, 3.8) is 0 Å². The van der Waals surface area contributed by atoms with Crippen LogP contribution in [0.3, 0.4) is 0 Å². The Labute approximate surface area is 265 Å². The van der Waals surface area contributed by atoms with Crippen LogP contribution in [0, 0.1) is 0 Å². The van der Waals surface area contributed by atoms with Crippen LogP contribution < -0.4 is 9.47 Å². The number of phenols is 2. The second-order valence-corrected chi connectivity index (χ2v) is 12.4. The van der Waals surface area contributed by atoms with Crippen LogP contribution in [0.1, 0.15) is 0 Å². The molecule has 43 heavy (non-hydrogen) atoms. The molecule has 3 fully saturated rings. The fraction of sp³-hybridized carbons (Fsp3) is 0.273. The van der Waals surface area contributed by atoms with E-state index in [4.69, 9.17) is 45.5 Å². The molecule has 3 aliphatic rings. The van der Waals surface area contributed by atoms with Crippen molar-refractivity contribution < 1.29 is 33.9 Å². The lowest BCUT2D eigenvalue weighted by molar-refractivity contribution is 0.263. The first-order valence-electron chi connectivity index (χ1n) is 13.8. The second-order valence-electron chi connectivity index (χ2n) is 9.78. The molecule has 0 aliphatic carbocycles. The molecule has 3 unspecified atom stereocenters. The Morgan fingerprint density at radius 1 is 0.535 bits per heavy atom. The zero-order chi connectivity index (χ0) is 29.9. The van der Waals surface area contributed by atoms with Crippen molar-refractivity contribution in [3.05, 3.63) is 97.1 Å². The van der Waals surface area contributed by atoms with E-state index in [0.29, 0.717) is 25.2 Å². The van der Waals surface area contributed by atoms with Crippen LogP contribution >= 0.6 is 35.1 Å². The molecule has 3 saturated heterocycles. The van der Waals surface area contributed by atoms with Crippen LogP contribution in [0.5, 0.6) is 23.0 Å². The zero-order valence-corrected chi connectivity index (χ0v) is 25.7. The van der Waals surface area contributed by atoms with Gasteiger partial charge in [-0.05, 0) is 97.1 Å². The molecule has 3 atom stereocenters. The van der Waals surface area contributed by atoms with Crippen LogP contribution in [-0.2, 0) is 14.2 Å². The Bertz CT molecular complexity index is 1270. The summed E-state index contributed by atoms with van der Waals surface area (Å²) in [6, 6.07) is 30.3. The Balaban J connectivity index is 0.000000157. The van der Waals surface area contributed by atoms with Crippen molar-refractivity contribution in [3.8, 4) is 23.0 Å². The third-order valence-electron chi connectivity index (χ3n) is 6.04. The Morgan fingerprint density at radius 2 is 0.837 bits per heavy atom. The summed E-state index contributed by atoms with van der Waals surface area (Å²) >= 11 is 8.57. The highest BCUT2D eigenvalue weighted by Crippen LogP contribution is 2.31. The lowest BCUT2D eigenvalue weighted by atomic mass is 10.3. The first kappa shape index (κ1) is 31.4. The molecule has 3 aliphatic heterocycles. The highest BCUT2D eigenvalue weighted by Gasteiger charge is 2.23. The quantitative estimate of drug-likeness (QED) is 0.130. The predicted molar refractivity (Wildman–Crippen MR) is 168 cm³/mol. The molecule has 0 amide bonds. The number of phenolic OH excluding ortho intramolecular Hbond substituents is 2. The average molecular weight is 641 g/mol. The van der Waals surface area contributed by atoms with Gasteiger partial charge in [-0.1, -0.05) is 23.5 Å². The van der Waals surface area contributed by atoms with Crippen molar-refractivity contribution in [1.82, 2.24) is 0 Å². The monoisotopic (exact) mass is 640 g/mol. The van der Waals surface area contributed by atoms with Gasteiger partial charge in [0.15, 0.2) is 0 Å². The normalized spacial score (nSPS) is 19.1. The van der Waals surface area contributed by atoms with Gasteiger partial charge < -0.3 is 33.9 Å². The van der Waals surface area contributed by atoms with Gasteiger partial charge in [0, 0.05) is 19.6 Å². The maximum atomic E-state index is 9.12. The van der Waals surface area contributed by atoms with Gasteiger partial charge in [-0.3, -0.25) is 0 Å². The number of alkyl halides is 1. The number of epoxide rings is 3. The van der Waals surface area contributed by atoms with Gasteiger partial charge in [0.25, 0.3) is 0 Å². The summed E-state index contributed by atoms with van der Waals surface area (Å²) in [7, 11) is 0. The third-order valence-corrected chi connectivity index (χ3v) is 8.42. The van der Waals surface area contributed by atoms with Gasteiger partial charge in [0.1, 0.15) is 48.4 Å². The molecule has 10 heteroatoms. The van der Waals surface area contributed by atoms with E-state index in [0.717, 1.165) is 41.1 Å². The SMILES string of the molecule is ClCC1CO1.Oc1ccc(Sc2ccc(O)cc2)cc1.c1cc(Sc2ccc(OCC3CO3)cc2)ccc1OCC1CO1. The number of aromatic hydroxyl groups is 2. The molecule has 0 radical (unpaired) electrons. The average Bonchev–Trinajstić information content (AvgIpc) is 3.89. The Kier molecular flexibility index (Phi) is 11.8. The molecular formula is C33H33ClO7S2. The number of rotatable bonds is 11. The maximum Gasteiger partial charge on any atom is 0.119 e. The molecule has 7 nitrogen and oxygen atoms in total. The minimum Gasteiger partial charge on any atom is -0.508 e. The number of hydrogen-bond acceptors (Lipinski definition) is 9. The number of halogens is 1. The standard InChI is InChI=1S/C18H18O4S.C12H10O2S.C3H5ClO/c1-5-17(6-2-13(1)19-9-15-11-21-15)23-18-7-3-14(4-8-18)20-10-16-12-22-16;13-9-1-5-11(6-2-9)15-12-7-3-10(14)4-8-12;4-1-3-2-5-3/h1-8,15-16H,9-12H2;1-8,13-14H;3H,1-2H2. The van der Waals surface area contributed by atoms with Gasteiger partial charge in [0.2, 0.25) is 0 Å². The highest BCUT2D eigenvalue weighted by atomic mass is 35.5. The van der Waals surface area contributed by atoms with E-state index < -0.39 is 0 Å². The van der Waals surface area contributed by atoms with Crippen LogP contribution in [0.15, 0.2) is 117 Å². The van der Waals surface area contributed by atoms with Crippen LogP contribution in [-0.4, -0.2) is 67.4 Å². The minimum absolute atomic E-state index is 0.269. The van der Waals surface area contributed by atoms with E-state index in [-0.39, 0.29) is 23.7 Å². The van der Waals surface area contributed by atoms with Crippen molar-refractivity contribution >= 4 is 35.1 Å². The number of benzene rings is 4. The molecular weight excluding hydrogens is 608 g/mol. The molecule has 3 heterocycles. The minimum atomic E-state index is 0.269. The summed E-state index contributed by atoms with van der Waals surface area (Å²) in [4.78, 5) is 4.47. The summed E-state index contributed by atoms with van der Waals surface area (Å²) < 4.78 is 26.3. The Hall–Kier alpha value is -3.05. The van der Waals surface area contributed by atoms with Crippen molar-refractivity contribution in [2.24, 2.45) is 0 Å². The van der Waals surface area contributed by atoms with Crippen molar-refractivity contribution in [2.75, 3.05) is 38.9 Å². The van der Waals surface area contributed by atoms with Crippen molar-refractivity contribution in [1.29, 1.82) is 0 Å². The first-order valence-corrected chi connectivity index (χ1v) is 16.0. The Morgan fingerprint density at radius 3 is 1.09 bits per heavy atom. The fourth-order valence-corrected chi connectivity index (χ4v) is 5.18. The van der Waals surface area contributed by atoms with Gasteiger partial charge >= 0.3 is 0 Å². The molecule has 2 N–H and O–H groups in total. The second kappa shape index (κ2) is 16.1. The molecule has 7 rings (SSSR count). The van der Waals surface area contributed by atoms with Crippen LogP contribution in [0.2, 0.25) is 0 Å². The molecule has 0 saturated carbocycles. The van der Waals surface area contributed by atoms with Gasteiger partial charge in [-0.2, -0.15) is 0 Å². The van der Waals surface area contributed by atoms with Crippen LogP contribution in [0.25, 0.3) is 0 Å². The van der Waals surface area contributed by atoms with E-state index in [9.17, 15) is 0 Å². The van der Waals surface area contributed by atoms with E-state index in [2.05, 4.69) is 24.3 Å². The molecule has 4 aromatic carbocycles. The third kappa shape index (κ3) is 12.2. The molecule has 0 aromatic heterocycles. The lowest BCUT2D eigenvalue weighted by Crippen LogP contribution is -2.03. The first-order chi connectivity index (χ1) is 21.0. The highest BCUT2D eigenvalue weighted by molar-refractivity contribution is 7.99. The summed E-state index contributed by atoms with van der Waals surface area (Å²) in [6.45, 7) is 3.80. The zero-order valence-electron chi connectivity index (χ0n) is 23.3. The molecule has 0 bridgehead atoms. The van der Waals surface area contributed by atoms with Crippen molar-refractivity contribution in [2.45, 2.75) is 37.9 Å². The van der Waals surface area contributed by atoms with Gasteiger partial charge in [0.05, 0.1) is 31.8 Å². The van der Waals surface area contributed by atoms with Crippen LogP contribution in [0.4, 0.5) is 0 Å². The lowest BCUT2D eigenvalue weighted by Gasteiger charge is -2.07. The summed E-state index contributed by atoms with van der Waals surface area (Å²) in [5.41, 5.74) is 0. The van der Waals surface area contributed by atoms with E-state index in [1.807, 2.05) is 48.5 Å². The van der Waals surface area contributed by atoms with E-state index in [1.54, 1.807) is 47.8 Å². The summed E-state index contributed by atoms with van der Waals surface area (Å²) in [6.07, 6.45) is 0.976. The predicted octanol–water partition coefficient (Wildman–Crippen LogP) is 7.27. The smallest absolute Gasteiger partial charge is 0.119 e. The molecule has 0 spiro atoms. The molecule has 226 valence electrons.